The predicted molar refractivity (Wildman–Crippen MR) is 71.3 cm³/mol. The topological polar surface area (TPSA) is 105 Å². The van der Waals surface area contributed by atoms with Crippen molar-refractivity contribution >= 4 is 17.7 Å². The van der Waals surface area contributed by atoms with Crippen LogP contribution in [0.1, 0.15) is 33.1 Å². The summed E-state index contributed by atoms with van der Waals surface area (Å²) in [7, 11) is 0. The molecule has 8 heteroatoms. The standard InChI is InChI=1S/C11H17N3O4S/c1-3-4-5-6-18-10(16)7(2)19-9-8(15)12-11(17)14-13-9/h7H,3-6H2,1-2H3,(H2,12,14,15,17)/t7-/m0/s1. The first-order valence-electron chi connectivity index (χ1n) is 6.07. The minimum Gasteiger partial charge on any atom is -0.465 e. The molecule has 0 unspecified atom stereocenters. The van der Waals surface area contributed by atoms with Gasteiger partial charge in [-0.3, -0.25) is 14.6 Å². The van der Waals surface area contributed by atoms with E-state index in [0.717, 1.165) is 31.0 Å². The van der Waals surface area contributed by atoms with Gasteiger partial charge in [0, 0.05) is 0 Å². The molecule has 0 aromatic carbocycles. The molecule has 0 radical (unpaired) electrons. The van der Waals surface area contributed by atoms with Crippen molar-refractivity contribution in [2.75, 3.05) is 6.61 Å². The molecule has 19 heavy (non-hydrogen) atoms. The Morgan fingerprint density at radius 1 is 1.42 bits per heavy atom. The van der Waals surface area contributed by atoms with Crippen molar-refractivity contribution in [3.63, 3.8) is 0 Å². The molecule has 0 bridgehead atoms. The van der Waals surface area contributed by atoms with Crippen LogP contribution in [0.3, 0.4) is 0 Å². The maximum absolute atomic E-state index is 11.6. The normalized spacial score (nSPS) is 12.1. The molecule has 1 heterocycles. The second-order valence-electron chi connectivity index (χ2n) is 3.95. The summed E-state index contributed by atoms with van der Waals surface area (Å²) in [5, 5.41) is 5.18. The maximum Gasteiger partial charge on any atom is 0.342 e. The maximum atomic E-state index is 11.6. The van der Waals surface area contributed by atoms with E-state index in [9.17, 15) is 14.4 Å². The van der Waals surface area contributed by atoms with Crippen LogP contribution in [-0.2, 0) is 9.53 Å². The van der Waals surface area contributed by atoms with Crippen LogP contribution >= 0.6 is 11.8 Å². The van der Waals surface area contributed by atoms with Gasteiger partial charge in [-0.2, -0.15) is 5.10 Å². The average Bonchev–Trinajstić information content (AvgIpc) is 2.37. The number of esters is 1. The van der Waals surface area contributed by atoms with Crippen LogP contribution in [0.25, 0.3) is 0 Å². The molecule has 1 atom stereocenters. The molecular formula is C11H17N3O4S. The zero-order valence-electron chi connectivity index (χ0n) is 10.9. The van der Waals surface area contributed by atoms with Gasteiger partial charge in [0.1, 0.15) is 5.25 Å². The van der Waals surface area contributed by atoms with Crippen LogP contribution in [0.15, 0.2) is 14.6 Å². The molecule has 1 aromatic rings. The number of nitrogens with one attached hydrogen (secondary N) is 2. The largest absolute Gasteiger partial charge is 0.465 e. The summed E-state index contributed by atoms with van der Waals surface area (Å²) in [5.74, 6) is -0.395. The van der Waals surface area contributed by atoms with Crippen LogP contribution in [0.2, 0.25) is 0 Å². The molecule has 7 nitrogen and oxygen atoms in total. The summed E-state index contributed by atoms with van der Waals surface area (Å²) in [6.07, 6.45) is 2.89. The summed E-state index contributed by atoms with van der Waals surface area (Å²) in [4.78, 5) is 35.9. The number of H-pyrrole nitrogens is 2. The molecule has 1 aromatic heterocycles. The molecule has 0 spiro atoms. The van der Waals surface area contributed by atoms with Crippen LogP contribution in [0.4, 0.5) is 0 Å². The van der Waals surface area contributed by atoms with Crippen molar-refractivity contribution in [2.45, 2.75) is 43.4 Å². The van der Waals surface area contributed by atoms with Gasteiger partial charge in [0.25, 0.3) is 5.56 Å². The molecule has 1 rings (SSSR count). The fourth-order valence-electron chi connectivity index (χ4n) is 1.27. The fraction of sp³-hybridized carbons (Fsp3) is 0.636. The van der Waals surface area contributed by atoms with Crippen LogP contribution < -0.4 is 11.2 Å². The molecule has 0 saturated carbocycles. The van der Waals surface area contributed by atoms with Crippen LogP contribution in [0.5, 0.6) is 0 Å². The molecule has 0 aliphatic carbocycles. The van der Waals surface area contributed by atoms with Crippen LogP contribution in [-0.4, -0.2) is 33.0 Å². The first-order chi connectivity index (χ1) is 9.04. The van der Waals surface area contributed by atoms with E-state index in [1.165, 1.54) is 0 Å². The molecule has 0 fully saturated rings. The lowest BCUT2D eigenvalue weighted by molar-refractivity contribution is -0.142. The lowest BCUT2D eigenvalue weighted by Crippen LogP contribution is -2.27. The van der Waals surface area contributed by atoms with Gasteiger partial charge in [-0.1, -0.05) is 31.5 Å². The average molecular weight is 287 g/mol. The Kier molecular flexibility index (Phi) is 6.34. The Bertz CT molecular complexity index is 525. The minimum atomic E-state index is -0.677. The zero-order chi connectivity index (χ0) is 14.3. The highest BCUT2D eigenvalue weighted by atomic mass is 32.2. The van der Waals surface area contributed by atoms with Gasteiger partial charge >= 0.3 is 11.7 Å². The van der Waals surface area contributed by atoms with E-state index in [0.29, 0.717) is 6.61 Å². The van der Waals surface area contributed by atoms with E-state index in [-0.39, 0.29) is 5.03 Å². The van der Waals surface area contributed by atoms with Gasteiger partial charge in [0.05, 0.1) is 6.61 Å². The Balaban J connectivity index is 2.49. The molecule has 106 valence electrons. The summed E-state index contributed by atoms with van der Waals surface area (Å²) in [5.41, 5.74) is -1.29. The van der Waals surface area contributed by atoms with Gasteiger partial charge < -0.3 is 4.74 Å². The SMILES string of the molecule is CCCCCOC(=O)[C@H](C)Sc1n[nH]c(=O)[nH]c1=O. The number of thioether (sulfide) groups is 1. The van der Waals surface area contributed by atoms with Crippen molar-refractivity contribution in [1.29, 1.82) is 0 Å². The third-order valence-corrected chi connectivity index (χ3v) is 3.34. The van der Waals surface area contributed by atoms with Crippen molar-refractivity contribution in [1.82, 2.24) is 15.2 Å². The first kappa shape index (κ1) is 15.5. The third-order valence-electron chi connectivity index (χ3n) is 2.29. The zero-order valence-corrected chi connectivity index (χ0v) is 11.7. The number of hydrogen-bond donors (Lipinski definition) is 2. The Morgan fingerprint density at radius 2 is 2.16 bits per heavy atom. The van der Waals surface area contributed by atoms with Gasteiger partial charge in [0.15, 0.2) is 5.03 Å². The van der Waals surface area contributed by atoms with Crippen molar-refractivity contribution in [2.24, 2.45) is 0 Å². The highest BCUT2D eigenvalue weighted by molar-refractivity contribution is 8.00. The molecule has 0 aliphatic rings. The van der Waals surface area contributed by atoms with E-state index >= 15 is 0 Å². The highest BCUT2D eigenvalue weighted by Crippen LogP contribution is 2.17. The number of hydrogen-bond acceptors (Lipinski definition) is 6. The molecule has 2 N–H and O–H groups in total. The van der Waals surface area contributed by atoms with E-state index in [2.05, 4.69) is 17.1 Å². The smallest absolute Gasteiger partial charge is 0.342 e. The molecule has 0 aliphatic heterocycles. The van der Waals surface area contributed by atoms with Crippen molar-refractivity contribution in [3.8, 4) is 0 Å². The number of rotatable bonds is 7. The first-order valence-corrected chi connectivity index (χ1v) is 6.94. The fourth-order valence-corrected chi connectivity index (χ4v) is 2.03. The number of unbranched alkanes of at least 4 members (excludes halogenated alkanes) is 2. The number of carbonyl (C=O) groups excluding carboxylic acids is 1. The minimum absolute atomic E-state index is 0.0395. The number of nitrogens with zero attached hydrogens (tertiary/aromatic N) is 1. The summed E-state index contributed by atoms with van der Waals surface area (Å²) < 4.78 is 5.07. The lowest BCUT2D eigenvalue weighted by Gasteiger charge is -2.09. The summed E-state index contributed by atoms with van der Waals surface area (Å²) >= 11 is 0.951. The highest BCUT2D eigenvalue weighted by Gasteiger charge is 2.18. The van der Waals surface area contributed by atoms with Gasteiger partial charge in [-0.05, 0) is 13.3 Å². The monoisotopic (exact) mass is 287 g/mol. The Labute approximate surface area is 114 Å². The Morgan fingerprint density at radius 3 is 2.79 bits per heavy atom. The van der Waals surface area contributed by atoms with Crippen LogP contribution in [0, 0.1) is 0 Å². The summed E-state index contributed by atoms with van der Waals surface area (Å²) in [6, 6.07) is 0. The number of carbonyl (C=O) groups is 1. The summed E-state index contributed by atoms with van der Waals surface area (Å²) in [6.45, 7) is 4.07. The van der Waals surface area contributed by atoms with E-state index < -0.39 is 22.5 Å². The van der Waals surface area contributed by atoms with E-state index in [4.69, 9.17) is 4.74 Å². The van der Waals surface area contributed by atoms with Crippen molar-refractivity contribution in [3.05, 3.63) is 20.8 Å². The third kappa shape index (κ3) is 5.29. The van der Waals surface area contributed by atoms with Crippen molar-refractivity contribution < 1.29 is 9.53 Å². The number of aromatic amines is 2. The van der Waals surface area contributed by atoms with Gasteiger partial charge in [-0.15, -0.1) is 0 Å². The second-order valence-corrected chi connectivity index (χ2v) is 5.28. The molecule has 0 amide bonds. The molecule has 0 saturated heterocycles. The lowest BCUT2D eigenvalue weighted by atomic mass is 10.3. The van der Waals surface area contributed by atoms with E-state index in [1.54, 1.807) is 6.92 Å². The van der Waals surface area contributed by atoms with Gasteiger partial charge in [0.2, 0.25) is 0 Å². The molecular weight excluding hydrogens is 270 g/mol. The Hall–Kier alpha value is -1.57. The van der Waals surface area contributed by atoms with E-state index in [1.807, 2.05) is 4.98 Å². The predicted octanol–water partition coefficient (Wildman–Crippen LogP) is 0.672. The van der Waals surface area contributed by atoms with Gasteiger partial charge in [-0.25, -0.2) is 9.89 Å². The number of aromatic nitrogens is 3. The number of ether oxygens (including phenoxy) is 1. The quantitative estimate of drug-likeness (QED) is 0.434. The second kappa shape index (κ2) is 7.78.